The molecule has 0 saturated carbocycles. The van der Waals surface area contributed by atoms with Crippen LogP contribution in [0.3, 0.4) is 0 Å². The van der Waals surface area contributed by atoms with Gasteiger partial charge in [0.2, 0.25) is 0 Å². The Morgan fingerprint density at radius 2 is 1.65 bits per heavy atom. The van der Waals surface area contributed by atoms with Gasteiger partial charge in [-0.25, -0.2) is 0 Å². The molecule has 0 aromatic heterocycles. The topological polar surface area (TPSA) is 24.4 Å². The zero-order valence-electron chi connectivity index (χ0n) is 21.5. The smallest absolute Gasteiger partial charge is 0.0424 e. The lowest BCUT2D eigenvalue weighted by atomic mass is 9.81. The molecule has 0 spiro atoms. The van der Waals surface area contributed by atoms with Gasteiger partial charge in [0.1, 0.15) is 0 Å². The monoisotopic (exact) mass is 550 g/mol. The van der Waals surface area contributed by atoms with Gasteiger partial charge in [0.25, 0.3) is 0 Å². The van der Waals surface area contributed by atoms with Crippen molar-refractivity contribution in [3.63, 3.8) is 0 Å². The summed E-state index contributed by atoms with van der Waals surface area (Å²) >= 11 is 3.73. The fourth-order valence-electron chi connectivity index (χ4n) is 6.00. The van der Waals surface area contributed by atoms with Crippen molar-refractivity contribution in [2.24, 2.45) is 4.99 Å². The number of hydrogen-bond acceptors (Lipinski definition) is 2. The second kappa shape index (κ2) is 11.3. The maximum Gasteiger partial charge on any atom is 0.0424 e. The van der Waals surface area contributed by atoms with Crippen molar-refractivity contribution in [1.29, 1.82) is 0 Å². The van der Waals surface area contributed by atoms with Crippen LogP contribution in [0.25, 0.3) is 11.1 Å². The summed E-state index contributed by atoms with van der Waals surface area (Å²) in [6, 6.07) is 7.33. The van der Waals surface area contributed by atoms with Crippen LogP contribution in [-0.2, 0) is 0 Å². The van der Waals surface area contributed by atoms with Gasteiger partial charge in [-0.05, 0) is 114 Å². The molecule has 1 N–H and O–H groups in total. The molecular weight excluding hydrogens is 516 g/mol. The number of dihydropyridines is 1. The molecule has 3 aliphatic carbocycles. The minimum absolute atomic E-state index is 0.394. The third-order valence-electron chi connectivity index (χ3n) is 8.00. The maximum atomic E-state index is 4.54. The number of nitrogens with one attached hydrogen (secondary N) is 1. The SMILES string of the molecule is BrC1=CCCC(c2cc(C3=CCCC(C4=CCCN=C4)=C3)cc(C3C=CC=C(C4=CCCNC4)C3)c2)=C1. The van der Waals surface area contributed by atoms with Crippen molar-refractivity contribution in [3.05, 3.63) is 116 Å². The number of rotatable bonds is 5. The van der Waals surface area contributed by atoms with E-state index in [9.17, 15) is 0 Å². The van der Waals surface area contributed by atoms with Crippen LogP contribution >= 0.6 is 15.9 Å². The second-order valence-corrected chi connectivity index (χ2v) is 11.5. The highest BCUT2D eigenvalue weighted by Gasteiger charge is 2.21. The first-order chi connectivity index (χ1) is 18.2. The fourth-order valence-corrected chi connectivity index (χ4v) is 6.50. The third kappa shape index (κ3) is 5.73. The second-order valence-electron chi connectivity index (χ2n) is 10.6. The number of aliphatic imine (C=N–C) groups is 1. The van der Waals surface area contributed by atoms with E-state index in [1.54, 1.807) is 0 Å². The van der Waals surface area contributed by atoms with E-state index < -0.39 is 0 Å². The summed E-state index contributed by atoms with van der Waals surface area (Å²) in [4.78, 5) is 4.54. The minimum atomic E-state index is 0.394. The molecule has 2 heterocycles. The van der Waals surface area contributed by atoms with E-state index in [0.717, 1.165) is 64.6 Å². The predicted octanol–water partition coefficient (Wildman–Crippen LogP) is 8.54. The summed E-state index contributed by atoms with van der Waals surface area (Å²) in [6.45, 7) is 3.00. The summed E-state index contributed by atoms with van der Waals surface area (Å²) < 4.78 is 1.20. The maximum absolute atomic E-state index is 4.54. The van der Waals surface area contributed by atoms with Gasteiger partial charge in [0.15, 0.2) is 0 Å². The van der Waals surface area contributed by atoms with Gasteiger partial charge in [0.05, 0.1) is 0 Å². The van der Waals surface area contributed by atoms with Crippen LogP contribution in [0, 0.1) is 0 Å². The predicted molar refractivity (Wildman–Crippen MR) is 162 cm³/mol. The molecule has 0 saturated heterocycles. The van der Waals surface area contributed by atoms with Gasteiger partial charge in [-0.3, -0.25) is 4.99 Å². The van der Waals surface area contributed by atoms with Gasteiger partial charge >= 0.3 is 0 Å². The van der Waals surface area contributed by atoms with E-state index >= 15 is 0 Å². The average Bonchev–Trinajstić information content (AvgIpc) is 2.98. The minimum Gasteiger partial charge on any atom is -0.312 e. The summed E-state index contributed by atoms with van der Waals surface area (Å²) in [5.74, 6) is 0.394. The molecule has 0 amide bonds. The standard InChI is InChI=1S/C34H35BrN2/c35-34-13-3-10-28(21-34)33-19-31(26-8-1-6-24(16-26)29-11-4-14-36-22-29)18-32(20-33)27-9-2-7-25(17-27)30-12-5-15-37-23-30/h1,6,8-9,11-13,17-21,23,26,36H,2-5,7,10,14-16,22H2. The zero-order valence-corrected chi connectivity index (χ0v) is 23.1. The number of benzene rings is 1. The molecule has 1 aromatic carbocycles. The summed E-state index contributed by atoms with van der Waals surface area (Å²) in [5, 5.41) is 3.55. The van der Waals surface area contributed by atoms with E-state index in [1.807, 2.05) is 0 Å². The van der Waals surface area contributed by atoms with Crippen molar-refractivity contribution in [2.75, 3.05) is 19.6 Å². The lowest BCUT2D eigenvalue weighted by Gasteiger charge is -2.25. The van der Waals surface area contributed by atoms with E-state index in [0.29, 0.717) is 5.92 Å². The molecule has 0 fully saturated rings. The first-order valence-corrected chi connectivity index (χ1v) is 14.6. The first-order valence-electron chi connectivity index (χ1n) is 13.8. The fraction of sp³-hybridized carbons (Fsp3) is 0.324. The normalized spacial score (nSPS) is 23.8. The number of allylic oxidation sites excluding steroid dienone is 12. The zero-order chi connectivity index (χ0) is 25.0. The Morgan fingerprint density at radius 3 is 2.49 bits per heavy atom. The average molecular weight is 552 g/mol. The Bertz CT molecular complexity index is 1360. The molecule has 5 aliphatic rings. The van der Waals surface area contributed by atoms with Crippen LogP contribution in [0.1, 0.15) is 67.6 Å². The highest BCUT2D eigenvalue weighted by molar-refractivity contribution is 9.11. The Hall–Kier alpha value is -2.75. The molecule has 6 rings (SSSR count). The van der Waals surface area contributed by atoms with Gasteiger partial charge in [-0.1, -0.05) is 76.7 Å². The molecule has 2 nitrogen and oxygen atoms in total. The lowest BCUT2D eigenvalue weighted by molar-refractivity contribution is 0.693. The van der Waals surface area contributed by atoms with Gasteiger partial charge in [0, 0.05) is 29.7 Å². The molecule has 188 valence electrons. The van der Waals surface area contributed by atoms with Gasteiger partial charge < -0.3 is 5.32 Å². The largest absolute Gasteiger partial charge is 0.312 e. The van der Waals surface area contributed by atoms with Crippen LogP contribution in [-0.4, -0.2) is 25.8 Å². The number of nitrogens with zero attached hydrogens (tertiary/aromatic N) is 1. The number of hydrogen-bond donors (Lipinski definition) is 1. The van der Waals surface area contributed by atoms with E-state index in [2.05, 4.69) is 105 Å². The van der Waals surface area contributed by atoms with Crippen LogP contribution in [0.5, 0.6) is 0 Å². The molecule has 1 aromatic rings. The molecular formula is C34H35BrN2. The summed E-state index contributed by atoms with van der Waals surface area (Å²) in [7, 11) is 0. The van der Waals surface area contributed by atoms with Crippen LogP contribution in [0.4, 0.5) is 0 Å². The van der Waals surface area contributed by atoms with Crippen LogP contribution in [0.2, 0.25) is 0 Å². The van der Waals surface area contributed by atoms with Crippen molar-refractivity contribution < 1.29 is 0 Å². The summed E-state index contributed by atoms with van der Waals surface area (Å²) in [6.07, 6.45) is 30.9. The molecule has 1 unspecified atom stereocenters. The first kappa shape index (κ1) is 24.6. The molecule has 37 heavy (non-hydrogen) atoms. The molecule has 0 radical (unpaired) electrons. The van der Waals surface area contributed by atoms with Gasteiger partial charge in [-0.15, -0.1) is 0 Å². The van der Waals surface area contributed by atoms with Crippen molar-refractivity contribution in [1.82, 2.24) is 5.32 Å². The van der Waals surface area contributed by atoms with E-state index in [-0.39, 0.29) is 0 Å². The highest BCUT2D eigenvalue weighted by atomic mass is 79.9. The Morgan fingerprint density at radius 1 is 0.784 bits per heavy atom. The van der Waals surface area contributed by atoms with Crippen molar-refractivity contribution in [2.45, 2.75) is 50.9 Å². The van der Waals surface area contributed by atoms with E-state index in [1.165, 1.54) is 54.6 Å². The van der Waals surface area contributed by atoms with E-state index in [4.69, 9.17) is 0 Å². The molecule has 0 bridgehead atoms. The lowest BCUT2D eigenvalue weighted by Crippen LogP contribution is -2.23. The molecule has 1 atom stereocenters. The Balaban J connectivity index is 1.37. The third-order valence-corrected chi connectivity index (χ3v) is 8.56. The highest BCUT2D eigenvalue weighted by Crippen LogP contribution is 2.38. The van der Waals surface area contributed by atoms with Crippen molar-refractivity contribution >= 4 is 33.3 Å². The van der Waals surface area contributed by atoms with Crippen LogP contribution in [0.15, 0.2) is 105 Å². The Kier molecular flexibility index (Phi) is 7.53. The summed E-state index contributed by atoms with van der Waals surface area (Å²) in [5.41, 5.74) is 12.6. The van der Waals surface area contributed by atoms with Crippen LogP contribution < -0.4 is 5.32 Å². The van der Waals surface area contributed by atoms with Crippen molar-refractivity contribution in [3.8, 4) is 0 Å². The quantitative estimate of drug-likeness (QED) is 0.390. The van der Waals surface area contributed by atoms with Gasteiger partial charge in [-0.2, -0.15) is 0 Å². The Labute approximate surface area is 229 Å². The number of halogens is 1. The molecule has 3 heteroatoms. The molecule has 2 aliphatic heterocycles.